The molecule has 3 N–H and O–H groups in total. The second-order valence-corrected chi connectivity index (χ2v) is 4.92. The Kier molecular flexibility index (Phi) is 4.69. The average molecular weight is 238 g/mol. The summed E-state index contributed by atoms with van der Waals surface area (Å²) in [6.07, 6.45) is 0. The van der Waals surface area contributed by atoms with Gasteiger partial charge in [0.1, 0.15) is 5.82 Å². The van der Waals surface area contributed by atoms with Gasteiger partial charge in [0.2, 0.25) is 5.95 Å². The first-order chi connectivity index (χ1) is 7.96. The summed E-state index contributed by atoms with van der Waals surface area (Å²) in [7, 11) is 0. The molecular weight excluding hydrogens is 216 g/mol. The van der Waals surface area contributed by atoms with Crippen LogP contribution in [0.5, 0.6) is 0 Å². The number of rotatable bonds is 6. The highest BCUT2D eigenvalue weighted by Crippen LogP contribution is 2.16. The second kappa shape index (κ2) is 5.82. The standard InChI is InChI=1S/C12H22N4O/c1-5-13-11-15-9(2)6-10(16-11)14-7-12(3,4)8-17/h6,17H,5,7-8H2,1-4H3,(H2,13,14,15,16). The second-order valence-electron chi connectivity index (χ2n) is 4.92. The zero-order valence-electron chi connectivity index (χ0n) is 11.0. The molecule has 1 rings (SSSR count). The van der Waals surface area contributed by atoms with Gasteiger partial charge < -0.3 is 15.7 Å². The van der Waals surface area contributed by atoms with Crippen LogP contribution >= 0.6 is 0 Å². The van der Waals surface area contributed by atoms with Gasteiger partial charge in [0.15, 0.2) is 0 Å². The third kappa shape index (κ3) is 4.56. The van der Waals surface area contributed by atoms with Crippen LogP contribution in [0, 0.1) is 12.3 Å². The van der Waals surface area contributed by atoms with E-state index in [1.165, 1.54) is 0 Å². The summed E-state index contributed by atoms with van der Waals surface area (Å²) >= 11 is 0. The molecule has 0 radical (unpaired) electrons. The van der Waals surface area contributed by atoms with Gasteiger partial charge in [-0.2, -0.15) is 4.98 Å². The average Bonchev–Trinajstić information content (AvgIpc) is 2.26. The van der Waals surface area contributed by atoms with E-state index in [9.17, 15) is 5.11 Å². The van der Waals surface area contributed by atoms with Gasteiger partial charge in [0, 0.05) is 36.9 Å². The van der Waals surface area contributed by atoms with Gasteiger partial charge in [0.25, 0.3) is 0 Å². The number of anilines is 2. The Hall–Kier alpha value is -1.36. The Morgan fingerprint density at radius 2 is 2.00 bits per heavy atom. The van der Waals surface area contributed by atoms with Crippen LogP contribution in [-0.4, -0.2) is 34.8 Å². The molecule has 1 heterocycles. The predicted octanol–water partition coefficient (Wildman–Crippen LogP) is 1.65. The quantitative estimate of drug-likeness (QED) is 0.703. The van der Waals surface area contributed by atoms with Crippen LogP contribution in [0.1, 0.15) is 26.5 Å². The molecule has 0 amide bonds. The van der Waals surface area contributed by atoms with Crippen molar-refractivity contribution in [3.63, 3.8) is 0 Å². The van der Waals surface area contributed by atoms with Gasteiger partial charge in [-0.3, -0.25) is 0 Å². The topological polar surface area (TPSA) is 70.1 Å². The van der Waals surface area contributed by atoms with Crippen molar-refractivity contribution < 1.29 is 5.11 Å². The molecule has 0 atom stereocenters. The zero-order valence-corrected chi connectivity index (χ0v) is 11.0. The van der Waals surface area contributed by atoms with E-state index < -0.39 is 0 Å². The van der Waals surface area contributed by atoms with E-state index in [2.05, 4.69) is 20.6 Å². The van der Waals surface area contributed by atoms with Crippen molar-refractivity contribution in [2.45, 2.75) is 27.7 Å². The molecule has 1 aromatic heterocycles. The Labute approximate surface area is 103 Å². The lowest BCUT2D eigenvalue weighted by atomic mass is 9.95. The lowest BCUT2D eigenvalue weighted by molar-refractivity contribution is 0.170. The van der Waals surface area contributed by atoms with Crippen molar-refractivity contribution in [1.82, 2.24) is 9.97 Å². The fourth-order valence-corrected chi connectivity index (χ4v) is 1.28. The molecule has 1 aromatic rings. The first kappa shape index (κ1) is 13.7. The van der Waals surface area contributed by atoms with E-state index in [4.69, 9.17) is 0 Å². The summed E-state index contributed by atoms with van der Waals surface area (Å²) < 4.78 is 0. The van der Waals surface area contributed by atoms with E-state index >= 15 is 0 Å². The van der Waals surface area contributed by atoms with Gasteiger partial charge in [0.05, 0.1) is 0 Å². The third-order valence-electron chi connectivity index (χ3n) is 2.37. The molecule has 96 valence electrons. The largest absolute Gasteiger partial charge is 0.396 e. The number of hydrogen-bond donors (Lipinski definition) is 3. The smallest absolute Gasteiger partial charge is 0.224 e. The molecule has 17 heavy (non-hydrogen) atoms. The first-order valence-electron chi connectivity index (χ1n) is 5.91. The summed E-state index contributed by atoms with van der Waals surface area (Å²) in [5, 5.41) is 15.5. The van der Waals surface area contributed by atoms with Crippen LogP contribution in [-0.2, 0) is 0 Å². The van der Waals surface area contributed by atoms with Crippen LogP contribution in [0.4, 0.5) is 11.8 Å². The van der Waals surface area contributed by atoms with Crippen molar-refractivity contribution in [3.8, 4) is 0 Å². The molecule has 0 bridgehead atoms. The number of nitrogens with one attached hydrogen (secondary N) is 2. The minimum atomic E-state index is -0.156. The zero-order chi connectivity index (χ0) is 12.9. The number of hydrogen-bond acceptors (Lipinski definition) is 5. The van der Waals surface area contributed by atoms with Gasteiger partial charge in [-0.25, -0.2) is 4.98 Å². The maximum Gasteiger partial charge on any atom is 0.224 e. The van der Waals surface area contributed by atoms with Gasteiger partial charge in [-0.15, -0.1) is 0 Å². The first-order valence-corrected chi connectivity index (χ1v) is 5.91. The molecule has 0 fully saturated rings. The molecule has 0 aromatic carbocycles. The normalized spacial score (nSPS) is 11.4. The molecule has 0 aliphatic heterocycles. The molecular formula is C12H22N4O. The Bertz CT molecular complexity index is 366. The van der Waals surface area contributed by atoms with E-state index in [-0.39, 0.29) is 12.0 Å². The maximum absolute atomic E-state index is 9.18. The van der Waals surface area contributed by atoms with Crippen LogP contribution in [0.15, 0.2) is 6.07 Å². The van der Waals surface area contributed by atoms with E-state index in [0.717, 1.165) is 18.1 Å². The fraction of sp³-hybridized carbons (Fsp3) is 0.667. The van der Waals surface area contributed by atoms with Crippen molar-refractivity contribution in [2.75, 3.05) is 30.3 Å². The van der Waals surface area contributed by atoms with Crippen LogP contribution < -0.4 is 10.6 Å². The molecule has 5 heteroatoms. The molecule has 0 saturated heterocycles. The molecule has 5 nitrogen and oxygen atoms in total. The third-order valence-corrected chi connectivity index (χ3v) is 2.37. The summed E-state index contributed by atoms with van der Waals surface area (Å²) in [6, 6.07) is 1.90. The van der Waals surface area contributed by atoms with Crippen molar-refractivity contribution in [2.24, 2.45) is 5.41 Å². The molecule has 0 spiro atoms. The van der Waals surface area contributed by atoms with Crippen molar-refractivity contribution >= 4 is 11.8 Å². The number of aliphatic hydroxyl groups excluding tert-OH is 1. The summed E-state index contributed by atoms with van der Waals surface area (Å²) in [5.41, 5.74) is 0.761. The van der Waals surface area contributed by atoms with Crippen LogP contribution in [0.25, 0.3) is 0 Å². The Morgan fingerprint density at radius 1 is 1.29 bits per heavy atom. The molecule has 0 saturated carbocycles. The minimum Gasteiger partial charge on any atom is -0.396 e. The number of aromatic nitrogens is 2. The van der Waals surface area contributed by atoms with Crippen LogP contribution in [0.3, 0.4) is 0 Å². The van der Waals surface area contributed by atoms with Crippen LogP contribution in [0.2, 0.25) is 0 Å². The molecule has 0 unspecified atom stereocenters. The summed E-state index contributed by atoms with van der Waals surface area (Å²) in [4.78, 5) is 8.62. The SMILES string of the molecule is CCNc1nc(C)cc(NCC(C)(C)CO)n1. The number of aryl methyl sites for hydroxylation is 1. The Balaban J connectivity index is 2.70. The number of nitrogens with zero attached hydrogens (tertiary/aromatic N) is 2. The van der Waals surface area contributed by atoms with Gasteiger partial charge in [-0.1, -0.05) is 13.8 Å². The van der Waals surface area contributed by atoms with E-state index in [0.29, 0.717) is 12.5 Å². The highest BCUT2D eigenvalue weighted by Gasteiger charge is 2.16. The van der Waals surface area contributed by atoms with E-state index in [1.54, 1.807) is 0 Å². The minimum absolute atomic E-state index is 0.143. The fourth-order valence-electron chi connectivity index (χ4n) is 1.28. The maximum atomic E-state index is 9.18. The molecule has 0 aliphatic carbocycles. The van der Waals surface area contributed by atoms with Gasteiger partial charge in [-0.05, 0) is 13.8 Å². The monoisotopic (exact) mass is 238 g/mol. The Morgan fingerprint density at radius 3 is 2.59 bits per heavy atom. The summed E-state index contributed by atoms with van der Waals surface area (Å²) in [5.74, 6) is 1.42. The predicted molar refractivity (Wildman–Crippen MR) is 70.3 cm³/mol. The highest BCUT2D eigenvalue weighted by atomic mass is 16.3. The van der Waals surface area contributed by atoms with Crippen molar-refractivity contribution in [3.05, 3.63) is 11.8 Å². The lowest BCUT2D eigenvalue weighted by Crippen LogP contribution is -2.27. The lowest BCUT2D eigenvalue weighted by Gasteiger charge is -2.22. The summed E-state index contributed by atoms with van der Waals surface area (Å²) in [6.45, 7) is 9.55. The number of aliphatic hydroxyl groups is 1. The van der Waals surface area contributed by atoms with Gasteiger partial charge >= 0.3 is 0 Å². The highest BCUT2D eigenvalue weighted by molar-refractivity contribution is 5.42. The van der Waals surface area contributed by atoms with Crippen molar-refractivity contribution in [1.29, 1.82) is 0 Å². The van der Waals surface area contributed by atoms with E-state index in [1.807, 2.05) is 33.8 Å². The molecule has 0 aliphatic rings.